The molecule has 0 amide bonds. The molecule has 3 nitrogen and oxygen atoms in total. The van der Waals surface area contributed by atoms with Gasteiger partial charge in [-0.05, 0) is 24.8 Å². The number of nitrogens with zero attached hydrogens (tertiary/aromatic N) is 1. The van der Waals surface area contributed by atoms with Crippen molar-refractivity contribution < 1.29 is 8.42 Å². The van der Waals surface area contributed by atoms with Crippen molar-refractivity contribution >= 4 is 60.5 Å². The Kier molecular flexibility index (Phi) is 5.00. The summed E-state index contributed by atoms with van der Waals surface area (Å²) in [6.45, 7) is 1.09. The number of alkyl halides is 1. The van der Waals surface area contributed by atoms with E-state index in [2.05, 4.69) is 15.9 Å². The third kappa shape index (κ3) is 3.04. The van der Waals surface area contributed by atoms with Gasteiger partial charge in [-0.3, -0.25) is 0 Å². The minimum Gasteiger partial charge on any atom is -0.207 e. The van der Waals surface area contributed by atoms with Crippen molar-refractivity contribution in [1.29, 1.82) is 0 Å². The minimum absolute atomic E-state index is 0.134. The third-order valence-electron chi connectivity index (χ3n) is 2.94. The molecule has 0 radical (unpaired) electrons. The molecule has 102 valence electrons. The number of piperidine rings is 1. The largest absolute Gasteiger partial charge is 0.245 e. The summed E-state index contributed by atoms with van der Waals surface area (Å²) in [5.41, 5.74) is 0. The highest BCUT2D eigenvalue weighted by atomic mass is 79.9. The summed E-state index contributed by atoms with van der Waals surface area (Å²) in [6.07, 6.45) is 1.93. The van der Waals surface area contributed by atoms with Gasteiger partial charge < -0.3 is 0 Å². The predicted octanol–water partition coefficient (Wildman–Crippen LogP) is 3.85. The first kappa shape index (κ1) is 15.1. The van der Waals surface area contributed by atoms with Crippen LogP contribution < -0.4 is 0 Å². The van der Waals surface area contributed by atoms with Crippen LogP contribution in [0.4, 0.5) is 0 Å². The van der Waals surface area contributed by atoms with E-state index >= 15 is 0 Å². The summed E-state index contributed by atoms with van der Waals surface area (Å²) in [6, 6.07) is 1.43. The average Bonchev–Trinajstić information content (AvgIpc) is 2.69. The van der Waals surface area contributed by atoms with Gasteiger partial charge in [0.2, 0.25) is 10.0 Å². The van der Waals surface area contributed by atoms with Crippen LogP contribution in [0.3, 0.4) is 0 Å². The molecule has 0 N–H and O–H groups in total. The highest BCUT2D eigenvalue weighted by molar-refractivity contribution is 9.09. The van der Waals surface area contributed by atoms with Gasteiger partial charge in [0, 0.05) is 18.4 Å². The van der Waals surface area contributed by atoms with E-state index in [-0.39, 0.29) is 9.23 Å². The Morgan fingerprint density at radius 2 is 2.22 bits per heavy atom. The summed E-state index contributed by atoms with van der Waals surface area (Å²) in [5.74, 6) is 0.362. The zero-order valence-corrected chi connectivity index (χ0v) is 14.1. The molecule has 1 aromatic heterocycles. The molecule has 1 fully saturated rings. The van der Waals surface area contributed by atoms with Gasteiger partial charge in [-0.15, -0.1) is 11.3 Å². The monoisotopic (exact) mass is 391 g/mol. The van der Waals surface area contributed by atoms with Gasteiger partial charge in [0.25, 0.3) is 0 Å². The molecule has 1 aromatic rings. The molecule has 0 saturated carbocycles. The number of thiophene rings is 1. The molecule has 8 heteroatoms. The third-order valence-corrected chi connectivity index (χ3v) is 7.48. The van der Waals surface area contributed by atoms with Crippen molar-refractivity contribution in [2.75, 3.05) is 18.4 Å². The molecule has 0 spiro atoms. The Labute approximate surface area is 129 Å². The average molecular weight is 393 g/mol. The molecule has 18 heavy (non-hydrogen) atoms. The number of hydrogen-bond donors (Lipinski definition) is 0. The van der Waals surface area contributed by atoms with Crippen molar-refractivity contribution in [3.63, 3.8) is 0 Å². The number of halogens is 3. The molecule has 0 bridgehead atoms. The molecular formula is C10H12BrCl2NO2S2. The summed E-state index contributed by atoms with van der Waals surface area (Å²) in [5, 5.41) is 0.817. The van der Waals surface area contributed by atoms with Crippen molar-refractivity contribution in [3.05, 3.63) is 14.7 Å². The lowest BCUT2D eigenvalue weighted by Gasteiger charge is -2.30. The van der Waals surface area contributed by atoms with Crippen molar-refractivity contribution in [1.82, 2.24) is 4.31 Å². The van der Waals surface area contributed by atoms with Crippen LogP contribution in [-0.4, -0.2) is 31.1 Å². The van der Waals surface area contributed by atoms with Crippen LogP contribution in [-0.2, 0) is 10.0 Å². The summed E-state index contributed by atoms with van der Waals surface area (Å²) in [7, 11) is -3.51. The minimum atomic E-state index is -3.51. The molecule has 0 aromatic carbocycles. The van der Waals surface area contributed by atoms with Crippen molar-refractivity contribution in [2.24, 2.45) is 5.92 Å². The molecule has 0 aliphatic carbocycles. The van der Waals surface area contributed by atoms with Crippen LogP contribution in [0, 0.1) is 5.92 Å². The van der Waals surface area contributed by atoms with E-state index in [9.17, 15) is 8.42 Å². The zero-order valence-electron chi connectivity index (χ0n) is 9.40. The topological polar surface area (TPSA) is 37.4 Å². The van der Waals surface area contributed by atoms with E-state index in [1.54, 1.807) is 0 Å². The van der Waals surface area contributed by atoms with E-state index in [1.165, 1.54) is 10.4 Å². The first-order chi connectivity index (χ1) is 8.45. The van der Waals surface area contributed by atoms with Gasteiger partial charge >= 0.3 is 0 Å². The van der Waals surface area contributed by atoms with Crippen LogP contribution in [0.2, 0.25) is 8.67 Å². The molecule has 1 atom stereocenters. The maximum Gasteiger partial charge on any atom is 0.245 e. The van der Waals surface area contributed by atoms with E-state index in [0.717, 1.165) is 29.5 Å². The summed E-state index contributed by atoms with van der Waals surface area (Å²) >= 11 is 16.2. The number of sulfonamides is 1. The summed E-state index contributed by atoms with van der Waals surface area (Å²) in [4.78, 5) is 0.134. The predicted molar refractivity (Wildman–Crippen MR) is 79.6 cm³/mol. The van der Waals surface area contributed by atoms with Gasteiger partial charge in [0.15, 0.2) is 0 Å². The zero-order chi connectivity index (χ0) is 13.3. The first-order valence-electron chi connectivity index (χ1n) is 5.46. The lowest BCUT2D eigenvalue weighted by molar-refractivity contribution is 0.285. The molecular weight excluding hydrogens is 381 g/mol. The highest BCUT2D eigenvalue weighted by Gasteiger charge is 2.32. The van der Waals surface area contributed by atoms with E-state index in [4.69, 9.17) is 23.2 Å². The molecule has 2 rings (SSSR count). The molecule has 1 unspecified atom stereocenters. The van der Waals surface area contributed by atoms with Gasteiger partial charge in [-0.2, -0.15) is 4.31 Å². The molecule has 2 heterocycles. The van der Waals surface area contributed by atoms with Crippen LogP contribution in [0.5, 0.6) is 0 Å². The Balaban J connectivity index is 2.28. The Hall–Kier alpha value is 0.670. The van der Waals surface area contributed by atoms with E-state index < -0.39 is 10.0 Å². The smallest absolute Gasteiger partial charge is 0.207 e. The van der Waals surface area contributed by atoms with Gasteiger partial charge in [0.05, 0.1) is 4.34 Å². The second-order valence-electron chi connectivity index (χ2n) is 4.21. The van der Waals surface area contributed by atoms with Gasteiger partial charge in [-0.25, -0.2) is 8.42 Å². The SMILES string of the molecule is O=S(=O)(c1cc(Cl)sc1Cl)N1CCCC(CBr)C1. The standard InChI is InChI=1S/C10H12BrCl2NO2S2/c11-5-7-2-1-3-14(6-7)18(15,16)8-4-9(12)17-10(8)13/h4,7H,1-3,5-6H2. The van der Waals surface area contributed by atoms with E-state index in [0.29, 0.717) is 23.3 Å². The molecule has 1 aliphatic heterocycles. The Morgan fingerprint density at radius 3 is 2.78 bits per heavy atom. The molecule has 1 saturated heterocycles. The normalized spacial score (nSPS) is 22.3. The van der Waals surface area contributed by atoms with Crippen LogP contribution in [0.15, 0.2) is 11.0 Å². The van der Waals surface area contributed by atoms with E-state index in [1.807, 2.05) is 0 Å². The maximum absolute atomic E-state index is 12.5. The first-order valence-corrected chi connectivity index (χ1v) is 9.59. The number of rotatable bonds is 3. The van der Waals surface area contributed by atoms with Crippen molar-refractivity contribution in [3.8, 4) is 0 Å². The second-order valence-corrected chi connectivity index (χ2v) is 9.05. The Bertz CT molecular complexity index is 532. The quantitative estimate of drug-likeness (QED) is 0.732. The fraction of sp³-hybridized carbons (Fsp3) is 0.600. The molecule has 1 aliphatic rings. The number of hydrogen-bond acceptors (Lipinski definition) is 3. The lowest BCUT2D eigenvalue weighted by Crippen LogP contribution is -2.40. The van der Waals surface area contributed by atoms with Crippen LogP contribution >= 0.6 is 50.5 Å². The van der Waals surface area contributed by atoms with Gasteiger partial charge in [-0.1, -0.05) is 39.1 Å². The van der Waals surface area contributed by atoms with Crippen LogP contribution in [0.1, 0.15) is 12.8 Å². The van der Waals surface area contributed by atoms with Crippen molar-refractivity contribution in [2.45, 2.75) is 17.7 Å². The highest BCUT2D eigenvalue weighted by Crippen LogP contribution is 2.36. The Morgan fingerprint density at radius 1 is 1.50 bits per heavy atom. The maximum atomic E-state index is 12.5. The second kappa shape index (κ2) is 5.97. The fourth-order valence-corrected chi connectivity index (χ4v) is 6.21. The fourth-order valence-electron chi connectivity index (χ4n) is 2.01. The van der Waals surface area contributed by atoms with Crippen LogP contribution in [0.25, 0.3) is 0 Å². The van der Waals surface area contributed by atoms with Gasteiger partial charge in [0.1, 0.15) is 9.23 Å². The summed E-state index contributed by atoms with van der Waals surface area (Å²) < 4.78 is 27.1. The lowest BCUT2D eigenvalue weighted by atomic mass is 10.0.